The predicted molar refractivity (Wildman–Crippen MR) is 87.8 cm³/mol. The minimum atomic E-state index is -0.0626. The van der Waals surface area contributed by atoms with Gasteiger partial charge in [0.15, 0.2) is 0 Å². The first-order valence-corrected chi connectivity index (χ1v) is 7.37. The highest BCUT2D eigenvalue weighted by atomic mass is 79.9. The molecule has 0 saturated heterocycles. The standard InChI is InChI=1S/C16H15BrClNO/c1-10-6-11(2)8-13(7-10)19(3)16(20)12-4-5-15(18)14(17)9-12/h4-9H,1-3H3. The van der Waals surface area contributed by atoms with Crippen molar-refractivity contribution in [1.82, 2.24) is 0 Å². The lowest BCUT2D eigenvalue weighted by atomic mass is 10.1. The predicted octanol–water partition coefficient (Wildman–Crippen LogP) is 5.00. The van der Waals surface area contributed by atoms with E-state index in [9.17, 15) is 4.79 Å². The van der Waals surface area contributed by atoms with Crippen LogP contribution in [0.4, 0.5) is 5.69 Å². The molecule has 4 heteroatoms. The van der Waals surface area contributed by atoms with Crippen molar-refractivity contribution in [3.05, 3.63) is 62.6 Å². The average Bonchev–Trinajstić information content (AvgIpc) is 2.39. The van der Waals surface area contributed by atoms with E-state index in [0.717, 1.165) is 21.3 Å². The molecule has 0 spiro atoms. The Morgan fingerprint density at radius 1 is 1.10 bits per heavy atom. The van der Waals surface area contributed by atoms with Crippen molar-refractivity contribution in [2.75, 3.05) is 11.9 Å². The molecule has 0 aliphatic rings. The first kappa shape index (κ1) is 15.1. The number of carbonyl (C=O) groups excluding carboxylic acids is 1. The van der Waals surface area contributed by atoms with Crippen LogP contribution in [-0.2, 0) is 0 Å². The quantitative estimate of drug-likeness (QED) is 0.745. The molecule has 20 heavy (non-hydrogen) atoms. The van der Waals surface area contributed by atoms with Crippen LogP contribution in [0.1, 0.15) is 21.5 Å². The fraction of sp³-hybridized carbons (Fsp3) is 0.188. The van der Waals surface area contributed by atoms with Gasteiger partial charge in [-0.15, -0.1) is 0 Å². The summed E-state index contributed by atoms with van der Waals surface area (Å²) in [5, 5.41) is 0.593. The molecule has 0 radical (unpaired) electrons. The second-order valence-corrected chi connectivity index (χ2v) is 6.10. The minimum absolute atomic E-state index is 0.0626. The first-order chi connectivity index (χ1) is 9.38. The van der Waals surface area contributed by atoms with Gasteiger partial charge in [0, 0.05) is 22.8 Å². The number of benzene rings is 2. The summed E-state index contributed by atoms with van der Waals surface area (Å²) in [7, 11) is 1.78. The van der Waals surface area contributed by atoms with Gasteiger partial charge >= 0.3 is 0 Å². The number of anilines is 1. The Labute approximate surface area is 132 Å². The molecule has 0 aliphatic carbocycles. The zero-order chi connectivity index (χ0) is 14.9. The van der Waals surface area contributed by atoms with Gasteiger partial charge in [0.2, 0.25) is 0 Å². The third-order valence-electron chi connectivity index (χ3n) is 3.06. The molecule has 2 aromatic carbocycles. The maximum Gasteiger partial charge on any atom is 0.258 e. The van der Waals surface area contributed by atoms with Crippen LogP contribution in [0, 0.1) is 13.8 Å². The van der Waals surface area contributed by atoms with Crippen molar-refractivity contribution in [2.45, 2.75) is 13.8 Å². The zero-order valence-electron chi connectivity index (χ0n) is 11.6. The van der Waals surface area contributed by atoms with Crippen LogP contribution in [-0.4, -0.2) is 13.0 Å². The molecule has 0 unspecified atom stereocenters. The summed E-state index contributed by atoms with van der Waals surface area (Å²) in [6.07, 6.45) is 0. The van der Waals surface area contributed by atoms with E-state index in [2.05, 4.69) is 22.0 Å². The molecule has 0 saturated carbocycles. The Bertz CT molecular complexity index is 649. The second kappa shape index (κ2) is 5.98. The Kier molecular flexibility index (Phi) is 4.51. The van der Waals surface area contributed by atoms with E-state index in [4.69, 9.17) is 11.6 Å². The topological polar surface area (TPSA) is 20.3 Å². The van der Waals surface area contributed by atoms with Crippen LogP contribution in [0.5, 0.6) is 0 Å². The monoisotopic (exact) mass is 351 g/mol. The zero-order valence-corrected chi connectivity index (χ0v) is 13.9. The Balaban J connectivity index is 2.34. The molecule has 0 fully saturated rings. The maximum absolute atomic E-state index is 12.5. The van der Waals surface area contributed by atoms with E-state index in [1.165, 1.54) is 0 Å². The Hall–Kier alpha value is -1.32. The number of halogens is 2. The van der Waals surface area contributed by atoms with Gasteiger partial charge in [-0.05, 0) is 71.2 Å². The van der Waals surface area contributed by atoms with Gasteiger partial charge in [0.05, 0.1) is 5.02 Å². The molecular weight excluding hydrogens is 338 g/mol. The van der Waals surface area contributed by atoms with Gasteiger partial charge in [0.1, 0.15) is 0 Å². The number of rotatable bonds is 2. The summed E-state index contributed by atoms with van der Waals surface area (Å²) in [6, 6.07) is 11.3. The fourth-order valence-electron chi connectivity index (χ4n) is 2.08. The van der Waals surface area contributed by atoms with E-state index in [-0.39, 0.29) is 5.91 Å². The molecule has 2 nitrogen and oxygen atoms in total. The summed E-state index contributed by atoms with van der Waals surface area (Å²) in [5.41, 5.74) is 3.76. The molecule has 0 atom stereocenters. The van der Waals surface area contributed by atoms with E-state index in [1.807, 2.05) is 26.0 Å². The fourth-order valence-corrected chi connectivity index (χ4v) is 2.58. The van der Waals surface area contributed by atoms with Crippen molar-refractivity contribution in [3.63, 3.8) is 0 Å². The Morgan fingerprint density at radius 2 is 1.70 bits per heavy atom. The normalized spacial score (nSPS) is 10.4. The van der Waals surface area contributed by atoms with Gasteiger partial charge in [-0.1, -0.05) is 17.7 Å². The molecule has 0 heterocycles. The number of aryl methyl sites for hydroxylation is 2. The molecule has 0 N–H and O–H groups in total. The third kappa shape index (κ3) is 3.22. The van der Waals surface area contributed by atoms with Crippen molar-refractivity contribution in [3.8, 4) is 0 Å². The summed E-state index contributed by atoms with van der Waals surface area (Å²) in [6.45, 7) is 4.04. The highest BCUT2D eigenvalue weighted by Crippen LogP contribution is 2.25. The van der Waals surface area contributed by atoms with Crippen molar-refractivity contribution >= 4 is 39.1 Å². The van der Waals surface area contributed by atoms with E-state index < -0.39 is 0 Å². The number of hydrogen-bond acceptors (Lipinski definition) is 1. The smallest absolute Gasteiger partial charge is 0.258 e. The van der Waals surface area contributed by atoms with Crippen molar-refractivity contribution in [2.24, 2.45) is 0 Å². The summed E-state index contributed by atoms with van der Waals surface area (Å²) in [4.78, 5) is 14.1. The van der Waals surface area contributed by atoms with Gasteiger partial charge in [0.25, 0.3) is 5.91 Å². The van der Waals surface area contributed by atoms with E-state index >= 15 is 0 Å². The molecule has 2 aromatic rings. The van der Waals surface area contributed by atoms with Gasteiger partial charge in [-0.25, -0.2) is 0 Å². The molecular formula is C16H15BrClNO. The van der Waals surface area contributed by atoms with Crippen molar-refractivity contribution < 1.29 is 4.79 Å². The third-order valence-corrected chi connectivity index (χ3v) is 4.28. The number of nitrogens with zero attached hydrogens (tertiary/aromatic N) is 1. The summed E-state index contributed by atoms with van der Waals surface area (Å²) < 4.78 is 0.721. The van der Waals surface area contributed by atoms with Gasteiger partial charge < -0.3 is 4.90 Å². The first-order valence-electron chi connectivity index (χ1n) is 6.20. The van der Waals surface area contributed by atoms with Crippen LogP contribution < -0.4 is 4.90 Å². The number of hydrogen-bond donors (Lipinski definition) is 0. The number of carbonyl (C=O) groups is 1. The highest BCUT2D eigenvalue weighted by molar-refractivity contribution is 9.10. The summed E-state index contributed by atoms with van der Waals surface area (Å²) in [5.74, 6) is -0.0626. The molecule has 0 aromatic heterocycles. The number of amides is 1. The second-order valence-electron chi connectivity index (χ2n) is 4.84. The molecule has 2 rings (SSSR count). The molecule has 104 valence electrons. The van der Waals surface area contributed by atoms with Crippen LogP contribution in [0.15, 0.2) is 40.9 Å². The molecule has 0 aliphatic heterocycles. The minimum Gasteiger partial charge on any atom is -0.311 e. The maximum atomic E-state index is 12.5. The SMILES string of the molecule is Cc1cc(C)cc(N(C)C(=O)c2ccc(Cl)c(Br)c2)c1. The van der Waals surface area contributed by atoms with E-state index in [0.29, 0.717) is 10.6 Å². The lowest BCUT2D eigenvalue weighted by Crippen LogP contribution is -2.26. The Morgan fingerprint density at radius 3 is 2.25 bits per heavy atom. The lowest BCUT2D eigenvalue weighted by Gasteiger charge is -2.19. The van der Waals surface area contributed by atoms with Crippen molar-refractivity contribution in [1.29, 1.82) is 0 Å². The van der Waals surface area contributed by atoms with Crippen LogP contribution >= 0.6 is 27.5 Å². The largest absolute Gasteiger partial charge is 0.311 e. The van der Waals surface area contributed by atoms with E-state index in [1.54, 1.807) is 30.1 Å². The molecule has 0 bridgehead atoms. The highest BCUT2D eigenvalue weighted by Gasteiger charge is 2.15. The van der Waals surface area contributed by atoms with Crippen LogP contribution in [0.3, 0.4) is 0 Å². The summed E-state index contributed by atoms with van der Waals surface area (Å²) >= 11 is 9.29. The lowest BCUT2D eigenvalue weighted by molar-refractivity contribution is 0.0993. The van der Waals surface area contributed by atoms with Gasteiger partial charge in [-0.2, -0.15) is 0 Å². The molecule has 1 amide bonds. The average molecular weight is 353 g/mol. The van der Waals surface area contributed by atoms with Crippen LogP contribution in [0.25, 0.3) is 0 Å². The van der Waals surface area contributed by atoms with Gasteiger partial charge in [-0.3, -0.25) is 4.79 Å². The van der Waals surface area contributed by atoms with Crippen LogP contribution in [0.2, 0.25) is 5.02 Å².